The highest BCUT2D eigenvalue weighted by Gasteiger charge is 2.33. The number of nitrogens with one attached hydrogen (secondary N) is 1. The molecular weight excluding hydrogens is 373 g/mol. The molecule has 1 aromatic carbocycles. The molecule has 3 aliphatic heterocycles. The lowest BCUT2D eigenvalue weighted by Crippen LogP contribution is -2.41. The van der Waals surface area contributed by atoms with E-state index in [1.807, 2.05) is 30.3 Å². The molecule has 0 bridgehead atoms. The van der Waals surface area contributed by atoms with Gasteiger partial charge in [-0.1, -0.05) is 12.1 Å². The van der Waals surface area contributed by atoms with E-state index < -0.39 is 12.3 Å². The van der Waals surface area contributed by atoms with E-state index >= 15 is 0 Å². The van der Waals surface area contributed by atoms with Crippen LogP contribution >= 0.6 is 0 Å². The van der Waals surface area contributed by atoms with Gasteiger partial charge in [-0.15, -0.1) is 0 Å². The van der Waals surface area contributed by atoms with Gasteiger partial charge < -0.3 is 19.7 Å². The Bertz CT molecular complexity index is 916. The molecule has 3 aliphatic rings. The van der Waals surface area contributed by atoms with Crippen LogP contribution in [-0.4, -0.2) is 36.4 Å². The summed E-state index contributed by atoms with van der Waals surface area (Å²) in [6.45, 7) is 1.14. The number of benzene rings is 1. The van der Waals surface area contributed by atoms with E-state index in [4.69, 9.17) is 9.47 Å². The van der Waals surface area contributed by atoms with Gasteiger partial charge in [-0.05, 0) is 43.0 Å². The first-order valence-corrected chi connectivity index (χ1v) is 10.2. The summed E-state index contributed by atoms with van der Waals surface area (Å²) in [7, 11) is 0. The maximum atomic E-state index is 13.7. The number of aromatic nitrogens is 1. The Hall–Kier alpha value is -2.51. The van der Waals surface area contributed by atoms with Crippen molar-refractivity contribution in [2.24, 2.45) is 0 Å². The number of carbonyl (C=O) groups excluding carboxylic acids is 1. The third-order valence-corrected chi connectivity index (χ3v) is 5.83. The van der Waals surface area contributed by atoms with Crippen LogP contribution in [0.3, 0.4) is 0 Å². The number of nitrogens with zero attached hydrogens (tertiary/aromatic N) is 2. The molecule has 152 valence electrons. The second kappa shape index (κ2) is 7.72. The zero-order valence-corrected chi connectivity index (χ0v) is 16.1. The van der Waals surface area contributed by atoms with Gasteiger partial charge in [0.05, 0.1) is 30.6 Å². The first-order chi connectivity index (χ1) is 14.2. The van der Waals surface area contributed by atoms with Gasteiger partial charge in [-0.3, -0.25) is 4.79 Å². The number of anilines is 3. The van der Waals surface area contributed by atoms with Crippen LogP contribution in [0.5, 0.6) is 0 Å². The zero-order valence-electron chi connectivity index (χ0n) is 16.1. The average Bonchev–Trinajstić information content (AvgIpc) is 3.12. The van der Waals surface area contributed by atoms with Gasteiger partial charge in [0.15, 0.2) is 0 Å². The van der Waals surface area contributed by atoms with Crippen LogP contribution in [0.1, 0.15) is 42.9 Å². The Labute approximate surface area is 169 Å². The first-order valence-electron chi connectivity index (χ1n) is 10.2. The summed E-state index contributed by atoms with van der Waals surface area (Å²) in [5, 5.41) is 3.36. The minimum Gasteiger partial charge on any atom is -0.370 e. The molecule has 3 unspecified atom stereocenters. The van der Waals surface area contributed by atoms with E-state index in [0.29, 0.717) is 19.6 Å². The molecule has 3 atom stereocenters. The number of alkyl halides is 1. The highest BCUT2D eigenvalue weighted by molar-refractivity contribution is 6.00. The molecule has 1 aromatic heterocycles. The van der Waals surface area contributed by atoms with E-state index in [1.165, 1.54) is 0 Å². The quantitative estimate of drug-likeness (QED) is 0.829. The molecule has 4 heterocycles. The van der Waals surface area contributed by atoms with Gasteiger partial charge in [0.2, 0.25) is 0 Å². The molecule has 0 saturated carbocycles. The summed E-state index contributed by atoms with van der Waals surface area (Å²) in [5.74, 6) is 0.694. The lowest BCUT2D eigenvalue weighted by Gasteiger charge is -2.30. The molecule has 0 spiro atoms. The van der Waals surface area contributed by atoms with Crippen molar-refractivity contribution in [2.45, 2.75) is 50.6 Å². The predicted molar refractivity (Wildman–Crippen MR) is 107 cm³/mol. The molecule has 6 nitrogen and oxygen atoms in total. The van der Waals surface area contributed by atoms with Crippen LogP contribution in [-0.2, 0) is 20.8 Å². The fourth-order valence-electron chi connectivity index (χ4n) is 4.27. The fourth-order valence-corrected chi connectivity index (χ4v) is 4.27. The van der Waals surface area contributed by atoms with Gasteiger partial charge in [-0.2, -0.15) is 0 Å². The van der Waals surface area contributed by atoms with Crippen molar-refractivity contribution < 1.29 is 18.7 Å². The number of pyridine rings is 1. The Morgan fingerprint density at radius 3 is 2.97 bits per heavy atom. The topological polar surface area (TPSA) is 63.7 Å². The van der Waals surface area contributed by atoms with E-state index in [9.17, 15) is 9.18 Å². The maximum Gasteiger partial charge on any atom is 0.256 e. The molecule has 1 N–H and O–H groups in total. The Morgan fingerprint density at radius 1 is 1.24 bits per heavy atom. The molecular formula is C22H24FN3O3. The third kappa shape index (κ3) is 3.60. The number of halogens is 1. The summed E-state index contributed by atoms with van der Waals surface area (Å²) in [5.41, 5.74) is 3.37. The molecule has 7 heteroatoms. The summed E-state index contributed by atoms with van der Waals surface area (Å²) in [4.78, 5) is 19.6. The molecule has 2 saturated heterocycles. The number of amides is 1. The zero-order chi connectivity index (χ0) is 19.8. The number of hydrogen-bond donors (Lipinski definition) is 1. The minimum absolute atomic E-state index is 0.0442. The van der Waals surface area contributed by atoms with Crippen LogP contribution in [0.4, 0.5) is 21.6 Å². The van der Waals surface area contributed by atoms with Crippen molar-refractivity contribution in [3.05, 3.63) is 47.7 Å². The van der Waals surface area contributed by atoms with Gasteiger partial charge >= 0.3 is 0 Å². The van der Waals surface area contributed by atoms with Crippen molar-refractivity contribution in [1.82, 2.24) is 4.98 Å². The lowest BCUT2D eigenvalue weighted by molar-refractivity contribution is -0.132. The number of ether oxygens (including phenoxy) is 2. The standard InChI is InChI=1S/C22H24FN3O3/c23-16-11-20(29-13-16)14-6-7-17-18(10-14)26(22(27)19-5-1-2-9-28-19)12-15-4-3-8-24-21(15)25-17/h3-4,6-8,10,16,19-20H,1-2,5,9,11-13H2,(H,24,25). The Morgan fingerprint density at radius 2 is 2.17 bits per heavy atom. The predicted octanol–water partition coefficient (Wildman–Crippen LogP) is 4.04. The van der Waals surface area contributed by atoms with Crippen LogP contribution in [0.25, 0.3) is 0 Å². The third-order valence-electron chi connectivity index (χ3n) is 5.83. The van der Waals surface area contributed by atoms with E-state index in [1.54, 1.807) is 11.1 Å². The minimum atomic E-state index is -0.946. The van der Waals surface area contributed by atoms with Gasteiger partial charge in [0.25, 0.3) is 5.91 Å². The molecule has 1 amide bonds. The van der Waals surface area contributed by atoms with Gasteiger partial charge in [0, 0.05) is 24.8 Å². The lowest BCUT2D eigenvalue weighted by atomic mass is 10.0. The summed E-state index contributed by atoms with van der Waals surface area (Å²) < 4.78 is 25.1. The molecule has 5 rings (SSSR count). The van der Waals surface area contributed by atoms with Crippen molar-refractivity contribution >= 4 is 23.1 Å². The molecule has 2 fully saturated rings. The number of carbonyl (C=O) groups is 1. The highest BCUT2D eigenvalue weighted by atomic mass is 19.1. The normalized spacial score (nSPS) is 26.2. The molecule has 2 aromatic rings. The molecule has 0 radical (unpaired) electrons. The fraction of sp³-hybridized carbons (Fsp3) is 0.455. The van der Waals surface area contributed by atoms with Crippen molar-refractivity contribution in [1.29, 1.82) is 0 Å². The SMILES string of the molecule is O=C(C1CCCCO1)N1Cc2cccnc2Nc2ccc(C3CC(F)CO3)cc21. The smallest absolute Gasteiger partial charge is 0.256 e. The first kappa shape index (κ1) is 18.5. The van der Waals surface area contributed by atoms with Gasteiger partial charge in [-0.25, -0.2) is 9.37 Å². The number of rotatable bonds is 2. The Balaban J connectivity index is 1.54. The van der Waals surface area contributed by atoms with Crippen LogP contribution in [0.15, 0.2) is 36.5 Å². The molecule has 0 aliphatic carbocycles. The second-order valence-electron chi connectivity index (χ2n) is 7.85. The summed E-state index contributed by atoms with van der Waals surface area (Å²) in [6.07, 6.45) is 3.11. The van der Waals surface area contributed by atoms with Crippen LogP contribution in [0, 0.1) is 0 Å². The molecule has 29 heavy (non-hydrogen) atoms. The van der Waals surface area contributed by atoms with Crippen LogP contribution < -0.4 is 10.2 Å². The van der Waals surface area contributed by atoms with Crippen molar-refractivity contribution in [3.8, 4) is 0 Å². The summed E-state index contributed by atoms with van der Waals surface area (Å²) in [6, 6.07) is 9.64. The highest BCUT2D eigenvalue weighted by Crippen LogP contribution is 2.40. The van der Waals surface area contributed by atoms with E-state index in [0.717, 1.165) is 47.6 Å². The van der Waals surface area contributed by atoms with Crippen molar-refractivity contribution in [2.75, 3.05) is 23.4 Å². The van der Waals surface area contributed by atoms with E-state index in [-0.39, 0.29) is 18.6 Å². The van der Waals surface area contributed by atoms with Crippen LogP contribution in [0.2, 0.25) is 0 Å². The monoisotopic (exact) mass is 397 g/mol. The Kier molecular flexibility index (Phi) is 4.93. The number of fused-ring (bicyclic) bond motifs is 2. The average molecular weight is 397 g/mol. The van der Waals surface area contributed by atoms with E-state index in [2.05, 4.69) is 10.3 Å². The number of hydrogen-bond acceptors (Lipinski definition) is 5. The maximum absolute atomic E-state index is 13.7. The van der Waals surface area contributed by atoms with Gasteiger partial charge in [0.1, 0.15) is 18.1 Å². The van der Waals surface area contributed by atoms with Crippen molar-refractivity contribution in [3.63, 3.8) is 0 Å². The largest absolute Gasteiger partial charge is 0.370 e. The summed E-state index contributed by atoms with van der Waals surface area (Å²) >= 11 is 0. The second-order valence-corrected chi connectivity index (χ2v) is 7.85.